The first-order valence-electron chi connectivity index (χ1n) is 5.07. The summed E-state index contributed by atoms with van der Waals surface area (Å²) < 4.78 is 0. The number of non-ortho nitro benzene ring substituents is 1. The van der Waals surface area contributed by atoms with Gasteiger partial charge in [0.2, 0.25) is 0 Å². The van der Waals surface area contributed by atoms with E-state index in [1.54, 1.807) is 12.1 Å². The van der Waals surface area contributed by atoms with Crippen molar-refractivity contribution in [3.8, 4) is 0 Å². The number of hydrogen-bond acceptors (Lipinski definition) is 3. The molecule has 0 saturated carbocycles. The van der Waals surface area contributed by atoms with Crippen LogP contribution in [-0.2, 0) is 0 Å². The Bertz CT molecular complexity index is 490. The van der Waals surface area contributed by atoms with Gasteiger partial charge in [-0.15, -0.1) is 0 Å². The highest BCUT2D eigenvalue weighted by atomic mass is 16.6. The molecule has 0 aliphatic rings. The Morgan fingerprint density at radius 1 is 1.59 bits per heavy atom. The number of azide groups is 1. The quantitative estimate of drug-likeness (QED) is 0.194. The molecule has 6 heteroatoms. The van der Waals surface area contributed by atoms with Crippen LogP contribution in [0.1, 0.15) is 17.5 Å². The summed E-state index contributed by atoms with van der Waals surface area (Å²) in [6.07, 6.45) is 4.25. The Morgan fingerprint density at radius 2 is 2.35 bits per heavy atom. The average molecular weight is 232 g/mol. The standard InChI is InChI=1S/C11H12N4O2/c1-9-5-6-11(15(16)17)8-10(9)4-2-3-7-13-14-12/h2,4-6,8H,3,7H2,1H3. The molecule has 0 aliphatic heterocycles. The Balaban J connectivity index is 2.78. The van der Waals surface area contributed by atoms with Crippen molar-refractivity contribution in [1.82, 2.24) is 0 Å². The minimum atomic E-state index is -0.420. The summed E-state index contributed by atoms with van der Waals surface area (Å²) in [4.78, 5) is 12.8. The van der Waals surface area contributed by atoms with Crippen molar-refractivity contribution in [2.45, 2.75) is 13.3 Å². The second-order valence-corrected chi connectivity index (χ2v) is 3.44. The molecule has 0 bridgehead atoms. The third-order valence-electron chi connectivity index (χ3n) is 2.23. The predicted octanol–water partition coefficient (Wildman–Crippen LogP) is 3.62. The van der Waals surface area contributed by atoms with E-state index >= 15 is 0 Å². The van der Waals surface area contributed by atoms with E-state index in [0.29, 0.717) is 13.0 Å². The van der Waals surface area contributed by atoms with Crippen molar-refractivity contribution in [2.24, 2.45) is 5.11 Å². The van der Waals surface area contributed by atoms with Crippen molar-refractivity contribution >= 4 is 11.8 Å². The van der Waals surface area contributed by atoms with Crippen molar-refractivity contribution in [2.75, 3.05) is 6.54 Å². The molecule has 0 saturated heterocycles. The summed E-state index contributed by atoms with van der Waals surface area (Å²) >= 11 is 0. The van der Waals surface area contributed by atoms with Gasteiger partial charge in [0.25, 0.3) is 5.69 Å². The zero-order valence-corrected chi connectivity index (χ0v) is 9.41. The van der Waals surface area contributed by atoms with E-state index in [-0.39, 0.29) is 5.69 Å². The number of nitrogens with zero attached hydrogens (tertiary/aromatic N) is 4. The van der Waals surface area contributed by atoms with E-state index in [9.17, 15) is 10.1 Å². The van der Waals surface area contributed by atoms with Crippen LogP contribution < -0.4 is 0 Å². The third-order valence-corrected chi connectivity index (χ3v) is 2.23. The zero-order valence-electron chi connectivity index (χ0n) is 9.41. The van der Waals surface area contributed by atoms with Crippen LogP contribution in [0.4, 0.5) is 5.69 Å². The molecule has 17 heavy (non-hydrogen) atoms. The highest BCUT2D eigenvalue weighted by molar-refractivity contribution is 5.57. The van der Waals surface area contributed by atoms with E-state index in [2.05, 4.69) is 10.0 Å². The maximum absolute atomic E-state index is 10.6. The fourth-order valence-corrected chi connectivity index (χ4v) is 1.31. The lowest BCUT2D eigenvalue weighted by Gasteiger charge is -1.99. The Hall–Kier alpha value is -2.33. The number of hydrogen-bond donors (Lipinski definition) is 0. The summed E-state index contributed by atoms with van der Waals surface area (Å²) in [5.74, 6) is 0. The van der Waals surface area contributed by atoms with Gasteiger partial charge in [0.15, 0.2) is 0 Å². The Kier molecular flexibility index (Phi) is 4.72. The van der Waals surface area contributed by atoms with Crippen LogP contribution in [0.5, 0.6) is 0 Å². The topological polar surface area (TPSA) is 91.9 Å². The second kappa shape index (κ2) is 6.30. The molecule has 0 amide bonds. The van der Waals surface area contributed by atoms with Gasteiger partial charge in [0.1, 0.15) is 0 Å². The normalized spacial score (nSPS) is 10.2. The fourth-order valence-electron chi connectivity index (χ4n) is 1.31. The predicted molar refractivity (Wildman–Crippen MR) is 65.5 cm³/mol. The average Bonchev–Trinajstić information content (AvgIpc) is 2.30. The van der Waals surface area contributed by atoms with Gasteiger partial charge >= 0.3 is 0 Å². The first-order valence-corrected chi connectivity index (χ1v) is 5.07. The molecule has 0 fully saturated rings. The molecule has 6 nitrogen and oxygen atoms in total. The lowest BCUT2D eigenvalue weighted by Crippen LogP contribution is -1.89. The van der Waals surface area contributed by atoms with Gasteiger partial charge in [-0.25, -0.2) is 0 Å². The van der Waals surface area contributed by atoms with E-state index in [0.717, 1.165) is 11.1 Å². The van der Waals surface area contributed by atoms with Crippen molar-refractivity contribution < 1.29 is 4.92 Å². The van der Waals surface area contributed by atoms with E-state index in [1.807, 2.05) is 13.0 Å². The summed E-state index contributed by atoms with van der Waals surface area (Å²) in [6.45, 7) is 2.28. The molecule has 0 N–H and O–H groups in total. The van der Waals surface area contributed by atoms with Gasteiger partial charge in [-0.1, -0.05) is 23.3 Å². The maximum atomic E-state index is 10.6. The molecular weight excluding hydrogens is 220 g/mol. The van der Waals surface area contributed by atoms with Gasteiger partial charge in [-0.3, -0.25) is 10.1 Å². The minimum absolute atomic E-state index is 0.0743. The Labute approximate surface area is 98.4 Å². The van der Waals surface area contributed by atoms with Crippen LogP contribution in [0.25, 0.3) is 16.5 Å². The number of nitro benzene ring substituents is 1. The summed E-state index contributed by atoms with van der Waals surface area (Å²) in [5, 5.41) is 14.0. The second-order valence-electron chi connectivity index (χ2n) is 3.44. The summed E-state index contributed by atoms with van der Waals surface area (Å²) in [7, 11) is 0. The van der Waals surface area contributed by atoms with Gasteiger partial charge < -0.3 is 0 Å². The van der Waals surface area contributed by atoms with E-state index < -0.39 is 4.92 Å². The molecule has 0 radical (unpaired) electrons. The van der Waals surface area contributed by atoms with Crippen LogP contribution in [0.2, 0.25) is 0 Å². The van der Waals surface area contributed by atoms with Gasteiger partial charge in [-0.2, -0.15) is 0 Å². The molecular formula is C11H12N4O2. The van der Waals surface area contributed by atoms with Crippen LogP contribution in [-0.4, -0.2) is 11.5 Å². The van der Waals surface area contributed by atoms with Crippen LogP contribution in [0.3, 0.4) is 0 Å². The zero-order chi connectivity index (χ0) is 12.7. The molecule has 0 atom stereocenters. The first kappa shape index (κ1) is 12.7. The highest BCUT2D eigenvalue weighted by Crippen LogP contribution is 2.18. The third kappa shape index (κ3) is 3.96. The van der Waals surface area contributed by atoms with Crippen LogP contribution in [0.15, 0.2) is 29.4 Å². The summed E-state index contributed by atoms with van der Waals surface area (Å²) in [6, 6.07) is 4.72. The molecule has 0 spiro atoms. The molecule has 0 aromatic heterocycles. The van der Waals surface area contributed by atoms with Crippen molar-refractivity contribution in [3.05, 3.63) is 56.0 Å². The number of aryl methyl sites for hydroxylation is 1. The van der Waals surface area contributed by atoms with Gasteiger partial charge in [0.05, 0.1) is 4.92 Å². The molecule has 1 rings (SSSR count). The van der Waals surface area contributed by atoms with Crippen LogP contribution >= 0.6 is 0 Å². The van der Waals surface area contributed by atoms with Crippen molar-refractivity contribution in [1.29, 1.82) is 0 Å². The molecule has 0 unspecified atom stereocenters. The number of nitro groups is 1. The molecule has 0 aliphatic carbocycles. The molecule has 1 aromatic carbocycles. The molecule has 88 valence electrons. The lowest BCUT2D eigenvalue weighted by molar-refractivity contribution is -0.384. The monoisotopic (exact) mass is 232 g/mol. The smallest absolute Gasteiger partial charge is 0.258 e. The number of rotatable bonds is 5. The first-order chi connectivity index (χ1) is 8.15. The molecule has 0 heterocycles. The van der Waals surface area contributed by atoms with Gasteiger partial charge in [-0.05, 0) is 30.0 Å². The maximum Gasteiger partial charge on any atom is 0.270 e. The minimum Gasteiger partial charge on any atom is -0.258 e. The van der Waals surface area contributed by atoms with E-state index in [1.165, 1.54) is 12.1 Å². The van der Waals surface area contributed by atoms with Gasteiger partial charge in [0, 0.05) is 23.6 Å². The fraction of sp³-hybridized carbons (Fsp3) is 0.273. The van der Waals surface area contributed by atoms with E-state index in [4.69, 9.17) is 5.53 Å². The van der Waals surface area contributed by atoms with Crippen LogP contribution in [0, 0.1) is 17.0 Å². The molecule has 1 aromatic rings. The SMILES string of the molecule is Cc1ccc([N+](=O)[O-])cc1C=CCCN=[N+]=[N-]. The largest absolute Gasteiger partial charge is 0.270 e. The summed E-state index contributed by atoms with van der Waals surface area (Å²) in [5.41, 5.74) is 9.93. The number of benzene rings is 1. The highest BCUT2D eigenvalue weighted by Gasteiger charge is 2.06. The Morgan fingerprint density at radius 3 is 3.00 bits per heavy atom. The van der Waals surface area contributed by atoms with Crippen molar-refractivity contribution in [3.63, 3.8) is 0 Å². The lowest BCUT2D eigenvalue weighted by atomic mass is 10.1.